The van der Waals surface area contributed by atoms with Crippen LogP contribution in [-0.4, -0.2) is 73.0 Å². The molecule has 0 bridgehead atoms. The van der Waals surface area contributed by atoms with Gasteiger partial charge in [-0.2, -0.15) is 0 Å². The molecule has 1 atom stereocenters. The zero-order chi connectivity index (χ0) is 22.4. The number of piperidine rings is 1. The lowest BCUT2D eigenvalue weighted by molar-refractivity contribution is -0.134. The van der Waals surface area contributed by atoms with Gasteiger partial charge in [-0.3, -0.25) is 9.59 Å². The minimum absolute atomic E-state index is 0.00148. The average molecular weight is 431 g/mol. The minimum Gasteiger partial charge on any atom is -0.497 e. The summed E-state index contributed by atoms with van der Waals surface area (Å²) >= 11 is 0. The number of ether oxygens (including phenoxy) is 1. The first kappa shape index (κ1) is 22.9. The van der Waals surface area contributed by atoms with E-state index in [0.717, 1.165) is 25.9 Å². The van der Waals surface area contributed by atoms with Gasteiger partial charge in [-0.15, -0.1) is 0 Å². The van der Waals surface area contributed by atoms with Crippen LogP contribution in [0.25, 0.3) is 0 Å². The monoisotopic (exact) mass is 430 g/mol. The summed E-state index contributed by atoms with van der Waals surface area (Å²) < 4.78 is 5.15. The number of nitrogens with zero attached hydrogens (tertiary/aromatic N) is 2. The largest absolute Gasteiger partial charge is 0.497 e. The van der Waals surface area contributed by atoms with E-state index in [9.17, 15) is 14.4 Å². The molecule has 1 aromatic rings. The third-order valence-corrected chi connectivity index (χ3v) is 6.03. The molecule has 2 N–H and O–H groups in total. The van der Waals surface area contributed by atoms with Crippen LogP contribution in [0.1, 0.15) is 49.9 Å². The first-order valence-corrected chi connectivity index (χ1v) is 11.2. The number of nitrogens with one attached hydrogen (secondary N) is 2. The molecule has 2 aliphatic heterocycles. The maximum Gasteiger partial charge on any atom is 0.317 e. The number of urea groups is 1. The van der Waals surface area contributed by atoms with Crippen LogP contribution in [0, 0.1) is 5.92 Å². The highest BCUT2D eigenvalue weighted by Crippen LogP contribution is 2.24. The summed E-state index contributed by atoms with van der Waals surface area (Å²) in [4.78, 5) is 42.1. The maximum absolute atomic E-state index is 13.3. The van der Waals surface area contributed by atoms with Gasteiger partial charge in [0.2, 0.25) is 5.91 Å². The molecule has 0 aliphatic carbocycles. The van der Waals surface area contributed by atoms with Crippen molar-refractivity contribution in [1.29, 1.82) is 0 Å². The van der Waals surface area contributed by atoms with Crippen LogP contribution in [-0.2, 0) is 4.79 Å². The smallest absolute Gasteiger partial charge is 0.317 e. The molecule has 1 aromatic carbocycles. The highest BCUT2D eigenvalue weighted by molar-refractivity contribution is 5.97. The van der Waals surface area contributed by atoms with Gasteiger partial charge in [0, 0.05) is 37.8 Å². The van der Waals surface area contributed by atoms with Crippen molar-refractivity contribution in [2.45, 2.75) is 51.6 Å². The Balaban J connectivity index is 1.68. The summed E-state index contributed by atoms with van der Waals surface area (Å²) in [5.74, 6) is 0.399. The van der Waals surface area contributed by atoms with Crippen molar-refractivity contribution in [1.82, 2.24) is 20.4 Å². The van der Waals surface area contributed by atoms with Crippen LogP contribution in [0.3, 0.4) is 0 Å². The Morgan fingerprint density at radius 1 is 0.935 bits per heavy atom. The number of rotatable bonds is 6. The summed E-state index contributed by atoms with van der Waals surface area (Å²) in [6, 6.07) is 6.30. The molecule has 2 saturated heterocycles. The molecule has 8 heteroatoms. The number of benzene rings is 1. The number of hydrogen-bond donors (Lipinski definition) is 2. The van der Waals surface area contributed by atoms with Crippen molar-refractivity contribution in [2.24, 2.45) is 5.92 Å². The van der Waals surface area contributed by atoms with Crippen molar-refractivity contribution < 1.29 is 19.1 Å². The molecular formula is C23H34N4O4. The summed E-state index contributed by atoms with van der Waals surface area (Å²) in [5.41, 5.74) is 0.494. The molecular weight excluding hydrogens is 396 g/mol. The van der Waals surface area contributed by atoms with Gasteiger partial charge in [-0.1, -0.05) is 0 Å². The molecule has 0 spiro atoms. The van der Waals surface area contributed by atoms with Gasteiger partial charge in [-0.25, -0.2) is 4.79 Å². The van der Waals surface area contributed by atoms with Crippen molar-refractivity contribution in [2.75, 3.05) is 33.3 Å². The molecule has 8 nitrogen and oxygen atoms in total. The van der Waals surface area contributed by atoms with E-state index in [2.05, 4.69) is 10.6 Å². The molecule has 0 radical (unpaired) electrons. The Morgan fingerprint density at radius 2 is 1.55 bits per heavy atom. The van der Waals surface area contributed by atoms with Gasteiger partial charge in [0.25, 0.3) is 5.91 Å². The van der Waals surface area contributed by atoms with E-state index in [4.69, 9.17) is 4.74 Å². The Labute approximate surface area is 184 Å². The standard InChI is InChI=1S/C23H34N4O4/c1-16(2)24-23(30)27-14-10-17(11-15-27)20(22(29)26-12-4-5-13-26)25-21(28)18-6-8-19(31-3)9-7-18/h6-9,16-17,20H,4-5,10-15H2,1-3H3,(H,24,30)(H,25,28). The molecule has 31 heavy (non-hydrogen) atoms. The van der Waals surface area contributed by atoms with E-state index in [1.165, 1.54) is 0 Å². The fourth-order valence-corrected chi connectivity index (χ4v) is 4.26. The van der Waals surface area contributed by atoms with E-state index < -0.39 is 6.04 Å². The SMILES string of the molecule is COc1ccc(C(=O)NC(C(=O)N2CCCC2)C2CCN(C(=O)NC(C)C)CC2)cc1. The second-order valence-corrected chi connectivity index (χ2v) is 8.64. The summed E-state index contributed by atoms with van der Waals surface area (Å²) in [5, 5.41) is 5.92. The number of methoxy groups -OCH3 is 1. The molecule has 4 amide bonds. The van der Waals surface area contributed by atoms with Crippen LogP contribution in [0.4, 0.5) is 4.79 Å². The third-order valence-electron chi connectivity index (χ3n) is 6.03. The fraction of sp³-hybridized carbons (Fsp3) is 0.609. The van der Waals surface area contributed by atoms with E-state index in [0.29, 0.717) is 37.2 Å². The van der Waals surface area contributed by atoms with Crippen LogP contribution < -0.4 is 15.4 Å². The fourth-order valence-electron chi connectivity index (χ4n) is 4.26. The number of likely N-dealkylation sites (tertiary alicyclic amines) is 2. The van der Waals surface area contributed by atoms with Crippen molar-refractivity contribution in [3.63, 3.8) is 0 Å². The number of carbonyl (C=O) groups is 3. The summed E-state index contributed by atoms with van der Waals surface area (Å²) in [7, 11) is 1.58. The number of amides is 4. The lowest BCUT2D eigenvalue weighted by Crippen LogP contribution is -2.55. The Morgan fingerprint density at radius 3 is 2.10 bits per heavy atom. The third kappa shape index (κ3) is 5.89. The first-order valence-electron chi connectivity index (χ1n) is 11.2. The summed E-state index contributed by atoms with van der Waals surface area (Å²) in [6.07, 6.45) is 3.36. The Kier molecular flexibility index (Phi) is 7.76. The Hall–Kier alpha value is -2.77. The molecule has 2 heterocycles. The van der Waals surface area contributed by atoms with Crippen LogP contribution in [0.5, 0.6) is 5.75 Å². The lowest BCUT2D eigenvalue weighted by Gasteiger charge is -2.37. The normalized spacial score (nSPS) is 18.1. The zero-order valence-electron chi connectivity index (χ0n) is 18.7. The quantitative estimate of drug-likeness (QED) is 0.724. The topological polar surface area (TPSA) is 91.0 Å². The van der Waals surface area contributed by atoms with Gasteiger partial charge in [-0.05, 0) is 69.7 Å². The second-order valence-electron chi connectivity index (χ2n) is 8.64. The minimum atomic E-state index is -0.581. The van der Waals surface area contributed by atoms with E-state index in [-0.39, 0.29) is 29.8 Å². The predicted molar refractivity (Wildman–Crippen MR) is 118 cm³/mol. The van der Waals surface area contributed by atoms with E-state index >= 15 is 0 Å². The molecule has 2 fully saturated rings. The van der Waals surface area contributed by atoms with E-state index in [1.54, 1.807) is 36.3 Å². The highest BCUT2D eigenvalue weighted by atomic mass is 16.5. The van der Waals surface area contributed by atoms with E-state index in [1.807, 2.05) is 18.7 Å². The zero-order valence-corrected chi connectivity index (χ0v) is 18.7. The summed E-state index contributed by atoms with van der Waals surface area (Å²) in [6.45, 7) is 6.50. The van der Waals surface area contributed by atoms with Crippen molar-refractivity contribution in [3.8, 4) is 5.75 Å². The van der Waals surface area contributed by atoms with Gasteiger partial charge < -0.3 is 25.2 Å². The molecule has 3 rings (SSSR count). The van der Waals surface area contributed by atoms with Crippen LogP contribution in [0.2, 0.25) is 0 Å². The lowest BCUT2D eigenvalue weighted by atomic mass is 9.88. The Bertz CT molecular complexity index is 766. The van der Waals surface area contributed by atoms with Gasteiger partial charge in [0.1, 0.15) is 11.8 Å². The predicted octanol–water partition coefficient (Wildman–Crippen LogP) is 2.25. The first-order chi connectivity index (χ1) is 14.9. The molecule has 0 saturated carbocycles. The van der Waals surface area contributed by atoms with Crippen molar-refractivity contribution in [3.05, 3.63) is 29.8 Å². The maximum atomic E-state index is 13.3. The second kappa shape index (κ2) is 10.5. The molecule has 0 aromatic heterocycles. The number of carbonyl (C=O) groups excluding carboxylic acids is 3. The molecule has 2 aliphatic rings. The van der Waals surface area contributed by atoms with Gasteiger partial charge in [0.05, 0.1) is 7.11 Å². The van der Waals surface area contributed by atoms with Gasteiger partial charge in [0.15, 0.2) is 0 Å². The average Bonchev–Trinajstić information content (AvgIpc) is 3.31. The molecule has 170 valence electrons. The van der Waals surface area contributed by atoms with Crippen molar-refractivity contribution >= 4 is 17.8 Å². The van der Waals surface area contributed by atoms with Crippen LogP contribution in [0.15, 0.2) is 24.3 Å². The highest BCUT2D eigenvalue weighted by Gasteiger charge is 2.36. The van der Waals surface area contributed by atoms with Crippen LogP contribution >= 0.6 is 0 Å². The van der Waals surface area contributed by atoms with Gasteiger partial charge >= 0.3 is 6.03 Å². The molecule has 1 unspecified atom stereocenters. The number of hydrogen-bond acceptors (Lipinski definition) is 4.